The van der Waals surface area contributed by atoms with Crippen LogP contribution in [-0.2, 0) is 0 Å². The first-order chi connectivity index (χ1) is 13.6. The number of carbonyl (C=O) groups is 1. The first kappa shape index (κ1) is 17.4. The molecule has 0 radical (unpaired) electrons. The third-order valence-corrected chi connectivity index (χ3v) is 6.10. The molecule has 2 heterocycles. The Kier molecular flexibility index (Phi) is 4.18. The summed E-state index contributed by atoms with van der Waals surface area (Å²) in [6.45, 7) is 1.91. The highest BCUT2D eigenvalue weighted by Gasteiger charge is 2.25. The number of aryl methyl sites for hydroxylation is 1. The Morgan fingerprint density at radius 3 is 2.64 bits per heavy atom. The Balaban J connectivity index is 1.62. The van der Waals surface area contributed by atoms with Crippen molar-refractivity contribution in [1.29, 1.82) is 0 Å². The number of carbonyl (C=O) groups excluding carboxylic acids is 1. The van der Waals surface area contributed by atoms with Crippen LogP contribution in [0.5, 0.6) is 0 Å². The molecule has 0 unspecified atom stereocenters. The van der Waals surface area contributed by atoms with Crippen molar-refractivity contribution in [3.8, 4) is 0 Å². The molecule has 1 amide bonds. The number of rotatable bonds is 3. The molecule has 1 aromatic carbocycles. The van der Waals surface area contributed by atoms with Crippen LogP contribution in [0, 0.1) is 6.92 Å². The van der Waals surface area contributed by atoms with Gasteiger partial charge in [-0.3, -0.25) is 14.0 Å². The summed E-state index contributed by atoms with van der Waals surface area (Å²) in [5.41, 5.74) is 3.58. The topological polar surface area (TPSA) is 63.5 Å². The van der Waals surface area contributed by atoms with Gasteiger partial charge in [0.25, 0.3) is 11.5 Å². The average molecular weight is 375 g/mol. The molecule has 2 fully saturated rings. The minimum atomic E-state index is -0.131. The van der Waals surface area contributed by atoms with E-state index in [1.807, 2.05) is 25.1 Å². The maximum atomic E-state index is 13.2. The molecule has 0 atom stereocenters. The van der Waals surface area contributed by atoms with E-state index in [2.05, 4.69) is 11.4 Å². The van der Waals surface area contributed by atoms with Gasteiger partial charge < -0.3 is 5.32 Å². The van der Waals surface area contributed by atoms with E-state index in [9.17, 15) is 9.59 Å². The SMILES string of the molecule is Cc1cc(C(=O)NC2CCCCC2)c2nc3ccc(C4CC4)cc3c(=O)n2c1. The van der Waals surface area contributed by atoms with Crippen LogP contribution in [-0.4, -0.2) is 21.3 Å². The molecule has 144 valence electrons. The van der Waals surface area contributed by atoms with Gasteiger partial charge >= 0.3 is 0 Å². The molecule has 28 heavy (non-hydrogen) atoms. The van der Waals surface area contributed by atoms with Crippen molar-refractivity contribution in [2.45, 2.75) is 63.8 Å². The predicted molar refractivity (Wildman–Crippen MR) is 110 cm³/mol. The number of hydrogen-bond donors (Lipinski definition) is 1. The highest BCUT2D eigenvalue weighted by atomic mass is 16.2. The second kappa shape index (κ2) is 6.73. The van der Waals surface area contributed by atoms with Gasteiger partial charge in [0.2, 0.25) is 0 Å². The molecule has 5 rings (SSSR count). The standard InChI is InChI=1S/C23H25N3O2/c1-14-11-19(22(27)24-17-5-3-2-4-6-17)21-25-20-10-9-16(15-7-8-15)12-18(20)23(28)26(21)13-14/h9-13,15,17H,2-8H2,1H3,(H,24,27). The van der Waals surface area contributed by atoms with Crippen LogP contribution < -0.4 is 10.9 Å². The summed E-state index contributed by atoms with van der Waals surface area (Å²) in [6, 6.07) is 8.03. The normalized spacial score (nSPS) is 17.9. The quantitative estimate of drug-likeness (QED) is 0.701. The molecule has 5 heteroatoms. The minimum absolute atomic E-state index is 0.0992. The van der Waals surface area contributed by atoms with Crippen molar-refractivity contribution < 1.29 is 4.79 Å². The summed E-state index contributed by atoms with van der Waals surface area (Å²) in [7, 11) is 0. The van der Waals surface area contributed by atoms with Gasteiger partial charge in [0.05, 0.1) is 16.5 Å². The summed E-state index contributed by atoms with van der Waals surface area (Å²) < 4.78 is 1.55. The third-order valence-electron chi connectivity index (χ3n) is 6.10. The smallest absolute Gasteiger partial charge is 0.265 e. The number of fused-ring (bicyclic) bond motifs is 2. The molecule has 2 aromatic heterocycles. The van der Waals surface area contributed by atoms with Crippen LogP contribution >= 0.6 is 0 Å². The lowest BCUT2D eigenvalue weighted by Crippen LogP contribution is -2.36. The number of amides is 1. The Hall–Kier alpha value is -2.69. The van der Waals surface area contributed by atoms with Crippen molar-refractivity contribution in [3.63, 3.8) is 0 Å². The summed E-state index contributed by atoms with van der Waals surface area (Å²) in [4.78, 5) is 30.9. The zero-order valence-corrected chi connectivity index (χ0v) is 16.2. The van der Waals surface area contributed by atoms with E-state index in [4.69, 9.17) is 4.98 Å². The lowest BCUT2D eigenvalue weighted by atomic mass is 9.95. The Labute approximate surface area is 163 Å². The third kappa shape index (κ3) is 3.09. The number of nitrogens with one attached hydrogen (secondary N) is 1. The maximum absolute atomic E-state index is 13.2. The zero-order valence-electron chi connectivity index (χ0n) is 16.2. The van der Waals surface area contributed by atoms with Crippen LogP contribution in [0.15, 0.2) is 35.3 Å². The zero-order chi connectivity index (χ0) is 19.3. The van der Waals surface area contributed by atoms with E-state index in [1.165, 1.54) is 24.8 Å². The van der Waals surface area contributed by atoms with Crippen LogP contribution in [0.2, 0.25) is 0 Å². The monoisotopic (exact) mass is 375 g/mol. The van der Waals surface area contributed by atoms with Gasteiger partial charge in [-0.05, 0) is 67.9 Å². The number of pyridine rings is 1. The van der Waals surface area contributed by atoms with E-state index in [0.717, 1.165) is 31.2 Å². The van der Waals surface area contributed by atoms with Crippen molar-refractivity contribution in [2.24, 2.45) is 0 Å². The Morgan fingerprint density at radius 2 is 1.89 bits per heavy atom. The minimum Gasteiger partial charge on any atom is -0.349 e. The molecule has 2 aliphatic rings. The molecular weight excluding hydrogens is 350 g/mol. The summed E-state index contributed by atoms with van der Waals surface area (Å²) in [5, 5.41) is 3.79. The molecule has 0 bridgehead atoms. The number of aromatic nitrogens is 2. The van der Waals surface area contributed by atoms with Crippen LogP contribution in [0.1, 0.15) is 72.3 Å². The summed E-state index contributed by atoms with van der Waals surface area (Å²) in [5.74, 6) is 0.452. The summed E-state index contributed by atoms with van der Waals surface area (Å²) >= 11 is 0. The van der Waals surface area contributed by atoms with Crippen LogP contribution in [0.3, 0.4) is 0 Å². The average Bonchev–Trinajstić information content (AvgIpc) is 3.54. The first-order valence-electron chi connectivity index (χ1n) is 10.4. The number of benzene rings is 1. The van der Waals surface area contributed by atoms with E-state index in [1.54, 1.807) is 10.6 Å². The van der Waals surface area contributed by atoms with Gasteiger partial charge in [0, 0.05) is 12.2 Å². The van der Waals surface area contributed by atoms with Gasteiger partial charge in [-0.25, -0.2) is 4.98 Å². The second-order valence-electron chi connectivity index (χ2n) is 8.40. The molecule has 0 spiro atoms. The van der Waals surface area contributed by atoms with E-state index in [-0.39, 0.29) is 17.5 Å². The van der Waals surface area contributed by atoms with Gasteiger partial charge in [0.15, 0.2) is 5.65 Å². The molecule has 2 saturated carbocycles. The first-order valence-corrected chi connectivity index (χ1v) is 10.4. The lowest BCUT2D eigenvalue weighted by Gasteiger charge is -2.23. The lowest BCUT2D eigenvalue weighted by molar-refractivity contribution is 0.0928. The van der Waals surface area contributed by atoms with Gasteiger partial charge in [-0.2, -0.15) is 0 Å². The molecule has 5 nitrogen and oxygen atoms in total. The molecule has 2 aliphatic carbocycles. The second-order valence-corrected chi connectivity index (χ2v) is 8.40. The van der Waals surface area contributed by atoms with Crippen LogP contribution in [0.4, 0.5) is 0 Å². The van der Waals surface area contributed by atoms with Crippen molar-refractivity contribution >= 4 is 22.5 Å². The molecular formula is C23H25N3O2. The molecule has 3 aromatic rings. The molecule has 0 saturated heterocycles. The fraction of sp³-hybridized carbons (Fsp3) is 0.435. The van der Waals surface area contributed by atoms with Gasteiger partial charge in [-0.1, -0.05) is 25.3 Å². The van der Waals surface area contributed by atoms with Gasteiger partial charge in [-0.15, -0.1) is 0 Å². The number of nitrogens with zero attached hydrogens (tertiary/aromatic N) is 2. The van der Waals surface area contributed by atoms with Crippen molar-refractivity contribution in [2.75, 3.05) is 0 Å². The fourth-order valence-electron chi connectivity index (χ4n) is 4.41. The Bertz CT molecular complexity index is 1140. The largest absolute Gasteiger partial charge is 0.349 e. The molecule has 1 N–H and O–H groups in total. The van der Waals surface area contributed by atoms with E-state index in [0.29, 0.717) is 28.0 Å². The number of hydrogen-bond acceptors (Lipinski definition) is 3. The molecule has 0 aliphatic heterocycles. The Morgan fingerprint density at radius 1 is 1.11 bits per heavy atom. The highest BCUT2D eigenvalue weighted by molar-refractivity contribution is 6.01. The van der Waals surface area contributed by atoms with E-state index >= 15 is 0 Å². The highest BCUT2D eigenvalue weighted by Crippen LogP contribution is 2.40. The van der Waals surface area contributed by atoms with Crippen molar-refractivity contribution in [1.82, 2.24) is 14.7 Å². The predicted octanol–water partition coefficient (Wildman–Crippen LogP) is 4.10. The van der Waals surface area contributed by atoms with Gasteiger partial charge in [0.1, 0.15) is 0 Å². The maximum Gasteiger partial charge on any atom is 0.265 e. The van der Waals surface area contributed by atoms with Crippen LogP contribution in [0.25, 0.3) is 16.6 Å². The van der Waals surface area contributed by atoms with E-state index < -0.39 is 0 Å². The fourth-order valence-corrected chi connectivity index (χ4v) is 4.41. The van der Waals surface area contributed by atoms with Crippen molar-refractivity contribution in [3.05, 3.63) is 57.5 Å². The summed E-state index contributed by atoms with van der Waals surface area (Å²) in [6.07, 6.45) is 9.77.